The Morgan fingerprint density at radius 3 is 2.69 bits per heavy atom. The van der Waals surface area contributed by atoms with Gasteiger partial charge in [0.1, 0.15) is 5.82 Å². The smallest absolute Gasteiger partial charge is 0.191 e. The Morgan fingerprint density at radius 2 is 2.08 bits per heavy atom. The summed E-state index contributed by atoms with van der Waals surface area (Å²) in [4.78, 5) is 12.4. The van der Waals surface area contributed by atoms with Crippen LogP contribution in [0.15, 0.2) is 42.1 Å². The highest BCUT2D eigenvalue weighted by atomic mass is 32.2. The highest BCUT2D eigenvalue weighted by molar-refractivity contribution is 7.99. The van der Waals surface area contributed by atoms with Gasteiger partial charge in [-0.2, -0.15) is 0 Å². The van der Waals surface area contributed by atoms with Crippen LogP contribution in [0.25, 0.3) is 0 Å². The lowest BCUT2D eigenvalue weighted by Crippen LogP contribution is -2.12. The molecular weight excluding hydrogens is 370 g/mol. The average Bonchev–Trinajstić information content (AvgIpc) is 3.16. The highest BCUT2D eigenvalue weighted by Gasteiger charge is 2.33. The molecule has 0 amide bonds. The molecule has 0 saturated carbocycles. The molecule has 1 fully saturated rings. The van der Waals surface area contributed by atoms with Gasteiger partial charge in [0, 0.05) is 18.0 Å². The maximum absolute atomic E-state index is 12.4. The van der Waals surface area contributed by atoms with Crippen LogP contribution in [-0.4, -0.2) is 46.2 Å². The molecule has 1 aliphatic heterocycles. The van der Waals surface area contributed by atoms with Crippen molar-refractivity contribution in [3.05, 3.63) is 53.9 Å². The van der Waals surface area contributed by atoms with Crippen LogP contribution in [0.5, 0.6) is 0 Å². The molecule has 1 unspecified atom stereocenters. The average molecular weight is 392 g/mol. The first kappa shape index (κ1) is 18.8. The summed E-state index contributed by atoms with van der Waals surface area (Å²) in [6.07, 6.45) is 2.28. The van der Waals surface area contributed by atoms with Crippen molar-refractivity contribution in [1.29, 1.82) is 0 Å². The minimum atomic E-state index is -3.00. The number of sulfone groups is 1. The van der Waals surface area contributed by atoms with Gasteiger partial charge in [0.05, 0.1) is 17.3 Å². The largest absolute Gasteiger partial charge is 0.302 e. The van der Waals surface area contributed by atoms with Crippen LogP contribution in [0, 0.1) is 6.92 Å². The minimum Gasteiger partial charge on any atom is -0.302 e. The van der Waals surface area contributed by atoms with E-state index in [1.165, 1.54) is 11.8 Å². The van der Waals surface area contributed by atoms with Gasteiger partial charge in [-0.25, -0.2) is 8.42 Å². The van der Waals surface area contributed by atoms with E-state index in [9.17, 15) is 13.2 Å². The molecule has 0 aliphatic carbocycles. The van der Waals surface area contributed by atoms with E-state index in [1.54, 1.807) is 6.08 Å². The number of rotatable bonds is 7. The van der Waals surface area contributed by atoms with Gasteiger partial charge >= 0.3 is 0 Å². The first-order chi connectivity index (χ1) is 12.4. The molecule has 1 atom stereocenters. The first-order valence-corrected chi connectivity index (χ1v) is 11.2. The fraction of sp³-hybridized carbons (Fsp3) is 0.389. The molecule has 0 radical (unpaired) electrons. The molecule has 6 nitrogen and oxygen atoms in total. The van der Waals surface area contributed by atoms with Crippen molar-refractivity contribution in [2.75, 3.05) is 17.3 Å². The van der Waals surface area contributed by atoms with Crippen molar-refractivity contribution in [2.45, 2.75) is 31.0 Å². The third kappa shape index (κ3) is 4.24. The van der Waals surface area contributed by atoms with Crippen LogP contribution < -0.4 is 0 Å². The number of hydrogen-bond acceptors (Lipinski definition) is 6. The lowest BCUT2D eigenvalue weighted by Gasteiger charge is -2.11. The number of carbonyl (C=O) groups is 1. The predicted molar refractivity (Wildman–Crippen MR) is 102 cm³/mol. The SMILES string of the molecule is C=CCn1c(SCC(=O)c2ccc(C)cc2)nnc1C1CCS(=O)(=O)C1. The normalized spacial score (nSPS) is 18.7. The first-order valence-electron chi connectivity index (χ1n) is 8.36. The van der Waals surface area contributed by atoms with E-state index >= 15 is 0 Å². The zero-order valence-corrected chi connectivity index (χ0v) is 16.2. The van der Waals surface area contributed by atoms with Crippen molar-refractivity contribution in [3.8, 4) is 0 Å². The number of allylic oxidation sites excluding steroid dienone is 1. The number of thioether (sulfide) groups is 1. The maximum atomic E-state index is 12.4. The monoisotopic (exact) mass is 391 g/mol. The summed E-state index contributed by atoms with van der Waals surface area (Å²) in [7, 11) is -3.00. The Balaban J connectivity index is 1.74. The fourth-order valence-electron chi connectivity index (χ4n) is 2.96. The van der Waals surface area contributed by atoms with E-state index in [0.717, 1.165) is 5.56 Å². The summed E-state index contributed by atoms with van der Waals surface area (Å²) in [5.74, 6) is 1.09. The van der Waals surface area contributed by atoms with Crippen LogP contribution >= 0.6 is 11.8 Å². The van der Waals surface area contributed by atoms with Crippen molar-refractivity contribution < 1.29 is 13.2 Å². The molecule has 3 rings (SSSR count). The van der Waals surface area contributed by atoms with E-state index in [1.807, 2.05) is 35.8 Å². The van der Waals surface area contributed by atoms with Gasteiger partial charge in [-0.15, -0.1) is 16.8 Å². The van der Waals surface area contributed by atoms with Gasteiger partial charge in [-0.3, -0.25) is 4.79 Å². The fourth-order valence-corrected chi connectivity index (χ4v) is 5.55. The summed E-state index contributed by atoms with van der Waals surface area (Å²) >= 11 is 1.32. The molecule has 0 spiro atoms. The Kier molecular flexibility index (Phi) is 5.62. The molecule has 1 saturated heterocycles. The Morgan fingerprint density at radius 1 is 1.35 bits per heavy atom. The van der Waals surface area contributed by atoms with Crippen LogP contribution in [0.1, 0.15) is 34.1 Å². The molecular formula is C18H21N3O3S2. The standard InChI is InChI=1S/C18H21N3O3S2/c1-3-9-21-17(15-8-10-26(23,24)12-15)19-20-18(21)25-11-16(22)14-6-4-13(2)5-7-14/h3-7,15H,1,8-12H2,2H3. The minimum absolute atomic E-state index is 0.0214. The molecule has 1 aromatic heterocycles. The van der Waals surface area contributed by atoms with E-state index in [4.69, 9.17) is 0 Å². The van der Waals surface area contributed by atoms with Crippen molar-refractivity contribution in [1.82, 2.24) is 14.8 Å². The molecule has 2 aromatic rings. The van der Waals surface area contributed by atoms with Crippen LogP contribution in [0.2, 0.25) is 0 Å². The van der Waals surface area contributed by atoms with Gasteiger partial charge < -0.3 is 4.57 Å². The van der Waals surface area contributed by atoms with Crippen molar-refractivity contribution >= 4 is 27.4 Å². The number of nitrogens with zero attached hydrogens (tertiary/aromatic N) is 3. The van der Waals surface area contributed by atoms with E-state index in [2.05, 4.69) is 16.8 Å². The molecule has 1 aromatic carbocycles. The van der Waals surface area contributed by atoms with Gasteiger partial charge in [0.15, 0.2) is 20.8 Å². The maximum Gasteiger partial charge on any atom is 0.191 e. The third-order valence-electron chi connectivity index (χ3n) is 4.36. The Labute approximate surface area is 157 Å². The topological polar surface area (TPSA) is 81.9 Å². The van der Waals surface area contributed by atoms with Crippen LogP contribution in [0.3, 0.4) is 0 Å². The number of aromatic nitrogens is 3. The van der Waals surface area contributed by atoms with Crippen LogP contribution in [-0.2, 0) is 16.4 Å². The zero-order chi connectivity index (χ0) is 18.7. The molecule has 2 heterocycles. The number of aryl methyl sites for hydroxylation is 1. The van der Waals surface area contributed by atoms with Gasteiger partial charge in [-0.05, 0) is 13.3 Å². The van der Waals surface area contributed by atoms with Crippen molar-refractivity contribution in [3.63, 3.8) is 0 Å². The van der Waals surface area contributed by atoms with Gasteiger partial charge in [0.2, 0.25) is 0 Å². The quantitative estimate of drug-likeness (QED) is 0.410. The molecule has 8 heteroatoms. The van der Waals surface area contributed by atoms with E-state index in [0.29, 0.717) is 29.5 Å². The van der Waals surface area contributed by atoms with Gasteiger partial charge in [-0.1, -0.05) is 47.7 Å². The summed E-state index contributed by atoms with van der Waals surface area (Å²) < 4.78 is 25.4. The molecule has 0 N–H and O–H groups in total. The number of hydrogen-bond donors (Lipinski definition) is 0. The number of carbonyl (C=O) groups excluding carboxylic acids is 1. The number of Topliss-reactive ketones (excluding diaryl/α,β-unsaturated/α-hetero) is 1. The number of benzene rings is 1. The van der Waals surface area contributed by atoms with E-state index < -0.39 is 9.84 Å². The van der Waals surface area contributed by atoms with E-state index in [-0.39, 0.29) is 29.0 Å². The predicted octanol–water partition coefficient (Wildman–Crippen LogP) is 2.65. The Hall–Kier alpha value is -1.93. The second-order valence-electron chi connectivity index (χ2n) is 6.42. The van der Waals surface area contributed by atoms with Gasteiger partial charge in [0.25, 0.3) is 0 Å². The lowest BCUT2D eigenvalue weighted by atomic mass is 10.1. The molecule has 26 heavy (non-hydrogen) atoms. The second kappa shape index (κ2) is 7.75. The summed E-state index contributed by atoms with van der Waals surface area (Å²) in [5.41, 5.74) is 1.77. The molecule has 138 valence electrons. The van der Waals surface area contributed by atoms with Crippen molar-refractivity contribution in [2.24, 2.45) is 0 Å². The summed E-state index contributed by atoms with van der Waals surface area (Å²) in [6.45, 7) is 6.22. The molecule has 1 aliphatic rings. The number of ketones is 1. The Bertz CT molecular complexity index is 918. The second-order valence-corrected chi connectivity index (χ2v) is 9.59. The summed E-state index contributed by atoms with van der Waals surface area (Å²) in [5, 5.41) is 9.02. The highest BCUT2D eigenvalue weighted by Crippen LogP contribution is 2.30. The lowest BCUT2D eigenvalue weighted by molar-refractivity contribution is 0.102. The zero-order valence-electron chi connectivity index (χ0n) is 14.6. The molecule has 0 bridgehead atoms. The van der Waals surface area contributed by atoms with Crippen LogP contribution in [0.4, 0.5) is 0 Å². The summed E-state index contributed by atoms with van der Waals surface area (Å²) in [6, 6.07) is 7.47. The third-order valence-corrected chi connectivity index (χ3v) is 7.10.